The summed E-state index contributed by atoms with van der Waals surface area (Å²) in [6, 6.07) is 11.1. The summed E-state index contributed by atoms with van der Waals surface area (Å²) >= 11 is 1.32. The predicted octanol–water partition coefficient (Wildman–Crippen LogP) is 2.17. The minimum atomic E-state index is -0.506. The molecule has 1 aromatic heterocycles. The van der Waals surface area contributed by atoms with Gasteiger partial charge < -0.3 is 5.32 Å². The zero-order chi connectivity index (χ0) is 14.5. The molecule has 0 aliphatic rings. The molecule has 5 nitrogen and oxygen atoms in total. The van der Waals surface area contributed by atoms with Crippen molar-refractivity contribution in [3.8, 4) is 0 Å². The van der Waals surface area contributed by atoms with Gasteiger partial charge in [0.25, 0.3) is 0 Å². The Morgan fingerprint density at radius 3 is 2.70 bits per heavy atom. The van der Waals surface area contributed by atoms with E-state index in [4.69, 9.17) is 0 Å². The highest BCUT2D eigenvalue weighted by atomic mass is 32.2. The van der Waals surface area contributed by atoms with Crippen molar-refractivity contribution in [1.82, 2.24) is 15.6 Å². The van der Waals surface area contributed by atoms with Gasteiger partial charge in [0.05, 0.1) is 15.8 Å². The third-order valence-corrected chi connectivity index (χ3v) is 3.74. The molecule has 0 saturated heterocycles. The van der Waals surface area contributed by atoms with Crippen molar-refractivity contribution in [2.24, 2.45) is 0 Å². The molecule has 2 rings (SSSR count). The third-order valence-electron chi connectivity index (χ3n) is 2.70. The van der Waals surface area contributed by atoms with Crippen LogP contribution in [0.1, 0.15) is 6.92 Å². The van der Waals surface area contributed by atoms with E-state index in [9.17, 15) is 9.59 Å². The van der Waals surface area contributed by atoms with Gasteiger partial charge in [0, 0.05) is 12.4 Å². The number of imide groups is 1. The van der Waals surface area contributed by atoms with E-state index in [0.717, 1.165) is 15.9 Å². The number of fused-ring (bicyclic) bond motifs is 1. The molecule has 20 heavy (non-hydrogen) atoms. The molecule has 1 aromatic carbocycles. The minimum absolute atomic E-state index is 0.343. The molecule has 0 fully saturated rings. The van der Waals surface area contributed by atoms with Gasteiger partial charge in [-0.15, -0.1) is 0 Å². The van der Waals surface area contributed by atoms with Crippen molar-refractivity contribution in [3.05, 3.63) is 36.4 Å². The Bertz CT molecular complexity index is 645. The zero-order valence-corrected chi connectivity index (χ0v) is 12.0. The van der Waals surface area contributed by atoms with Gasteiger partial charge in [-0.1, -0.05) is 36.0 Å². The quantitative estimate of drug-likeness (QED) is 0.850. The van der Waals surface area contributed by atoms with Crippen LogP contribution in [0.4, 0.5) is 4.79 Å². The zero-order valence-electron chi connectivity index (χ0n) is 11.2. The van der Waals surface area contributed by atoms with Crippen LogP contribution in [0.2, 0.25) is 0 Å². The second-order valence-electron chi connectivity index (χ2n) is 4.17. The topological polar surface area (TPSA) is 71.1 Å². The number of urea groups is 1. The summed E-state index contributed by atoms with van der Waals surface area (Å²) in [4.78, 5) is 27.3. The molecule has 0 bridgehead atoms. The Morgan fingerprint density at radius 2 is 1.95 bits per heavy atom. The largest absolute Gasteiger partial charge is 0.341 e. The number of hydrogen-bond donors (Lipinski definition) is 2. The Balaban J connectivity index is 2.07. The van der Waals surface area contributed by atoms with Gasteiger partial charge in [0.15, 0.2) is 0 Å². The number of nitrogens with one attached hydrogen (secondary N) is 2. The van der Waals surface area contributed by atoms with Crippen LogP contribution in [0.15, 0.2) is 41.4 Å². The van der Waals surface area contributed by atoms with E-state index < -0.39 is 11.3 Å². The number of carbonyl (C=O) groups excluding carboxylic acids is 2. The van der Waals surface area contributed by atoms with Crippen molar-refractivity contribution >= 4 is 34.6 Å². The Kier molecular flexibility index (Phi) is 4.57. The molecular weight excluding hydrogens is 274 g/mol. The minimum Gasteiger partial charge on any atom is -0.341 e. The number of nitrogens with zero attached hydrogens (tertiary/aromatic N) is 1. The molecule has 1 heterocycles. The summed E-state index contributed by atoms with van der Waals surface area (Å²) in [7, 11) is 1.46. The lowest BCUT2D eigenvalue weighted by Crippen LogP contribution is -2.41. The normalized spacial score (nSPS) is 11.9. The van der Waals surface area contributed by atoms with Crippen LogP contribution >= 0.6 is 11.8 Å². The van der Waals surface area contributed by atoms with Gasteiger partial charge >= 0.3 is 6.03 Å². The lowest BCUT2D eigenvalue weighted by molar-refractivity contribution is -0.119. The molecule has 0 radical (unpaired) electrons. The second kappa shape index (κ2) is 6.38. The first-order valence-corrected chi connectivity index (χ1v) is 7.03. The van der Waals surface area contributed by atoms with Gasteiger partial charge in [-0.05, 0) is 19.1 Å². The van der Waals surface area contributed by atoms with Crippen LogP contribution in [0.25, 0.3) is 10.9 Å². The fourth-order valence-corrected chi connectivity index (χ4v) is 2.45. The highest BCUT2D eigenvalue weighted by molar-refractivity contribution is 8.00. The molecule has 0 aliphatic carbocycles. The number of thioether (sulfide) groups is 1. The number of rotatable bonds is 3. The van der Waals surface area contributed by atoms with Gasteiger partial charge in [-0.3, -0.25) is 10.1 Å². The van der Waals surface area contributed by atoms with Gasteiger partial charge in [0.2, 0.25) is 5.91 Å². The van der Waals surface area contributed by atoms with Crippen LogP contribution in [0, 0.1) is 0 Å². The number of amides is 3. The average molecular weight is 289 g/mol. The first-order valence-electron chi connectivity index (χ1n) is 6.15. The third kappa shape index (κ3) is 3.48. The van der Waals surface area contributed by atoms with Gasteiger partial charge in [-0.2, -0.15) is 0 Å². The first kappa shape index (κ1) is 14.3. The molecule has 0 unspecified atom stereocenters. The van der Waals surface area contributed by atoms with E-state index in [2.05, 4.69) is 15.6 Å². The van der Waals surface area contributed by atoms with Crippen molar-refractivity contribution in [1.29, 1.82) is 0 Å². The summed E-state index contributed by atoms with van der Waals surface area (Å²) in [5, 5.41) is 6.00. The number of benzene rings is 1. The van der Waals surface area contributed by atoms with E-state index in [-0.39, 0.29) is 5.91 Å². The standard InChI is InChI=1S/C14H15N3O2S/c1-9(13(18)17-14(19)15-2)20-12-8-7-10-5-3-4-6-11(10)16-12/h3-9H,1-2H3,(H2,15,17,18,19)/t9-/m1/s1. The summed E-state index contributed by atoms with van der Waals surface area (Å²) in [6.45, 7) is 1.74. The SMILES string of the molecule is CNC(=O)NC(=O)[C@@H](C)Sc1ccc2ccccc2n1. The maximum atomic E-state index is 11.8. The molecule has 0 spiro atoms. The number of pyridine rings is 1. The molecule has 6 heteroatoms. The monoisotopic (exact) mass is 289 g/mol. The Morgan fingerprint density at radius 1 is 1.20 bits per heavy atom. The molecule has 0 saturated carbocycles. The summed E-state index contributed by atoms with van der Waals surface area (Å²) in [5.74, 6) is -0.343. The predicted molar refractivity (Wildman–Crippen MR) is 79.7 cm³/mol. The highest BCUT2D eigenvalue weighted by Gasteiger charge is 2.17. The molecule has 1 atom stereocenters. The van der Waals surface area contributed by atoms with Crippen LogP contribution < -0.4 is 10.6 Å². The van der Waals surface area contributed by atoms with E-state index in [1.54, 1.807) is 6.92 Å². The maximum Gasteiger partial charge on any atom is 0.321 e. The Hall–Kier alpha value is -2.08. The molecule has 2 aromatic rings. The molecule has 0 aliphatic heterocycles. The van der Waals surface area contributed by atoms with Gasteiger partial charge in [-0.25, -0.2) is 9.78 Å². The number of hydrogen-bond acceptors (Lipinski definition) is 4. The van der Waals surface area contributed by atoms with Crippen LogP contribution in [0.3, 0.4) is 0 Å². The average Bonchev–Trinajstić information content (AvgIpc) is 2.46. The summed E-state index contributed by atoms with van der Waals surface area (Å²) < 4.78 is 0. The van der Waals surface area contributed by atoms with Crippen molar-refractivity contribution in [3.63, 3.8) is 0 Å². The number of carbonyl (C=O) groups is 2. The second-order valence-corrected chi connectivity index (χ2v) is 5.53. The Labute approximate surface area is 121 Å². The van der Waals surface area contributed by atoms with E-state index in [1.165, 1.54) is 18.8 Å². The molecular formula is C14H15N3O2S. The number of aromatic nitrogens is 1. The fraction of sp³-hybridized carbons (Fsp3) is 0.214. The number of para-hydroxylation sites is 1. The molecule has 2 N–H and O–H groups in total. The molecule has 104 valence electrons. The molecule has 3 amide bonds. The lowest BCUT2D eigenvalue weighted by atomic mass is 10.2. The maximum absolute atomic E-state index is 11.8. The van der Waals surface area contributed by atoms with Crippen LogP contribution in [-0.4, -0.2) is 29.2 Å². The van der Waals surface area contributed by atoms with E-state index in [0.29, 0.717) is 0 Å². The summed E-state index contributed by atoms with van der Waals surface area (Å²) in [5.41, 5.74) is 0.886. The van der Waals surface area contributed by atoms with Gasteiger partial charge in [0.1, 0.15) is 0 Å². The fourth-order valence-electron chi connectivity index (χ4n) is 1.62. The first-order chi connectivity index (χ1) is 9.60. The van der Waals surface area contributed by atoms with E-state index in [1.807, 2.05) is 36.4 Å². The van der Waals surface area contributed by atoms with Crippen molar-refractivity contribution in [2.45, 2.75) is 17.2 Å². The smallest absolute Gasteiger partial charge is 0.321 e. The van der Waals surface area contributed by atoms with Crippen LogP contribution in [-0.2, 0) is 4.79 Å². The summed E-state index contributed by atoms with van der Waals surface area (Å²) in [6.07, 6.45) is 0. The lowest BCUT2D eigenvalue weighted by Gasteiger charge is -2.10. The van der Waals surface area contributed by atoms with Crippen LogP contribution in [0.5, 0.6) is 0 Å². The highest BCUT2D eigenvalue weighted by Crippen LogP contribution is 2.23. The van der Waals surface area contributed by atoms with E-state index >= 15 is 0 Å². The van der Waals surface area contributed by atoms with Crippen molar-refractivity contribution in [2.75, 3.05) is 7.05 Å². The van der Waals surface area contributed by atoms with Crippen molar-refractivity contribution < 1.29 is 9.59 Å².